The Bertz CT molecular complexity index is 929. The molecule has 0 amide bonds. The number of methoxy groups -OCH3 is 2. The zero-order valence-corrected chi connectivity index (χ0v) is 15.1. The molecule has 0 spiro atoms. The summed E-state index contributed by atoms with van der Waals surface area (Å²) in [7, 11) is 3.00. The minimum Gasteiger partial charge on any atom is -0.496 e. The number of furan rings is 1. The van der Waals surface area contributed by atoms with Gasteiger partial charge in [-0.05, 0) is 30.3 Å². The Kier molecular flexibility index (Phi) is 5.89. The number of esters is 1. The van der Waals surface area contributed by atoms with E-state index >= 15 is 0 Å². The van der Waals surface area contributed by atoms with E-state index < -0.39 is 0 Å². The Morgan fingerprint density at radius 1 is 1.07 bits per heavy atom. The van der Waals surface area contributed by atoms with Gasteiger partial charge in [-0.1, -0.05) is 30.3 Å². The second-order valence-electron chi connectivity index (χ2n) is 5.68. The highest BCUT2D eigenvalue weighted by atomic mass is 16.5. The molecule has 27 heavy (non-hydrogen) atoms. The summed E-state index contributed by atoms with van der Waals surface area (Å²) in [6.45, 7) is 0.545. The van der Waals surface area contributed by atoms with Gasteiger partial charge in [-0.2, -0.15) is 5.10 Å². The van der Waals surface area contributed by atoms with Gasteiger partial charge < -0.3 is 19.3 Å². The molecule has 0 aliphatic carbocycles. The molecule has 0 radical (unpaired) electrons. The molecule has 6 heteroatoms. The van der Waals surface area contributed by atoms with Gasteiger partial charge in [-0.3, -0.25) is 0 Å². The summed E-state index contributed by atoms with van der Waals surface area (Å²) in [6.07, 6.45) is 1.61. The van der Waals surface area contributed by atoms with Crippen molar-refractivity contribution in [3.63, 3.8) is 0 Å². The summed E-state index contributed by atoms with van der Waals surface area (Å²) in [5, 5.41) is 4.18. The Hall–Kier alpha value is -3.54. The first-order valence-corrected chi connectivity index (χ1v) is 8.37. The fourth-order valence-corrected chi connectivity index (χ4v) is 2.55. The number of para-hydroxylation sites is 1. The van der Waals surface area contributed by atoms with E-state index in [0.29, 0.717) is 23.6 Å². The molecule has 1 N–H and O–H groups in total. The van der Waals surface area contributed by atoms with Crippen LogP contribution in [0.4, 0.5) is 0 Å². The van der Waals surface area contributed by atoms with Crippen molar-refractivity contribution in [1.29, 1.82) is 0 Å². The van der Waals surface area contributed by atoms with Crippen LogP contribution in [0, 0.1) is 0 Å². The third kappa shape index (κ3) is 4.55. The van der Waals surface area contributed by atoms with Crippen molar-refractivity contribution in [3.05, 3.63) is 77.6 Å². The molecule has 0 aliphatic rings. The molecule has 0 saturated carbocycles. The number of ether oxygens (including phenoxy) is 2. The predicted molar refractivity (Wildman–Crippen MR) is 103 cm³/mol. The number of rotatable bonds is 7. The van der Waals surface area contributed by atoms with Gasteiger partial charge >= 0.3 is 5.97 Å². The van der Waals surface area contributed by atoms with Gasteiger partial charge in [0, 0.05) is 11.1 Å². The monoisotopic (exact) mass is 364 g/mol. The van der Waals surface area contributed by atoms with E-state index in [1.54, 1.807) is 25.5 Å². The Morgan fingerprint density at radius 3 is 2.59 bits per heavy atom. The molecule has 3 rings (SSSR count). The molecule has 0 unspecified atom stereocenters. The van der Waals surface area contributed by atoms with Crippen LogP contribution in [0.1, 0.15) is 21.7 Å². The molecule has 0 atom stereocenters. The van der Waals surface area contributed by atoms with Crippen LogP contribution in [0.15, 0.2) is 70.2 Å². The number of hydrogen-bond acceptors (Lipinski definition) is 6. The van der Waals surface area contributed by atoms with E-state index in [1.807, 2.05) is 48.5 Å². The van der Waals surface area contributed by atoms with Gasteiger partial charge in [0.15, 0.2) is 0 Å². The van der Waals surface area contributed by atoms with Crippen molar-refractivity contribution in [2.75, 3.05) is 14.2 Å². The molecule has 2 aromatic carbocycles. The van der Waals surface area contributed by atoms with E-state index in [9.17, 15) is 4.79 Å². The third-order valence-electron chi connectivity index (χ3n) is 3.96. The Balaban J connectivity index is 1.60. The minimum absolute atomic E-state index is 0.366. The maximum Gasteiger partial charge on any atom is 0.337 e. The summed E-state index contributed by atoms with van der Waals surface area (Å²) < 4.78 is 15.8. The van der Waals surface area contributed by atoms with Crippen LogP contribution < -0.4 is 10.2 Å². The smallest absolute Gasteiger partial charge is 0.337 e. The summed E-state index contributed by atoms with van der Waals surface area (Å²) >= 11 is 0. The number of carbonyl (C=O) groups is 1. The lowest BCUT2D eigenvalue weighted by Crippen LogP contribution is -2.06. The predicted octanol–water partition coefficient (Wildman–Crippen LogP) is 3.87. The lowest BCUT2D eigenvalue weighted by atomic mass is 10.1. The number of nitrogens with zero attached hydrogens (tertiary/aromatic N) is 1. The van der Waals surface area contributed by atoms with Crippen LogP contribution >= 0.6 is 0 Å². The average Bonchev–Trinajstić information content (AvgIpc) is 3.20. The van der Waals surface area contributed by atoms with E-state index in [0.717, 1.165) is 16.9 Å². The molecule has 138 valence electrons. The van der Waals surface area contributed by atoms with Gasteiger partial charge in [0.2, 0.25) is 0 Å². The van der Waals surface area contributed by atoms with Crippen LogP contribution in [-0.2, 0) is 11.3 Å². The lowest BCUT2D eigenvalue weighted by molar-refractivity contribution is 0.0600. The number of hydrogen-bond donors (Lipinski definition) is 1. The third-order valence-corrected chi connectivity index (χ3v) is 3.96. The van der Waals surface area contributed by atoms with E-state index in [-0.39, 0.29) is 5.97 Å². The summed E-state index contributed by atoms with van der Waals surface area (Å²) in [4.78, 5) is 11.5. The summed E-state index contributed by atoms with van der Waals surface area (Å²) in [5.74, 6) is 1.76. The SMILES string of the molecule is COC(=O)c1ccc(-c2ccc(/C=N\NCc3ccccc3OC)o2)cc1. The highest BCUT2D eigenvalue weighted by molar-refractivity contribution is 5.89. The van der Waals surface area contributed by atoms with Crippen molar-refractivity contribution >= 4 is 12.2 Å². The first-order chi connectivity index (χ1) is 13.2. The van der Waals surface area contributed by atoms with Crippen LogP contribution in [0.25, 0.3) is 11.3 Å². The maximum absolute atomic E-state index is 11.5. The lowest BCUT2D eigenvalue weighted by Gasteiger charge is -2.06. The molecule has 6 nitrogen and oxygen atoms in total. The van der Waals surface area contributed by atoms with E-state index in [2.05, 4.69) is 10.5 Å². The highest BCUT2D eigenvalue weighted by Gasteiger charge is 2.07. The first-order valence-electron chi connectivity index (χ1n) is 8.37. The van der Waals surface area contributed by atoms with Crippen molar-refractivity contribution in [2.24, 2.45) is 5.10 Å². The maximum atomic E-state index is 11.5. The highest BCUT2D eigenvalue weighted by Crippen LogP contribution is 2.22. The zero-order chi connectivity index (χ0) is 19.1. The van der Waals surface area contributed by atoms with Crippen LogP contribution in [0.3, 0.4) is 0 Å². The fraction of sp³-hybridized carbons (Fsp3) is 0.143. The van der Waals surface area contributed by atoms with E-state index in [1.165, 1.54) is 7.11 Å². The number of nitrogens with one attached hydrogen (secondary N) is 1. The van der Waals surface area contributed by atoms with Crippen LogP contribution in [-0.4, -0.2) is 26.4 Å². The molecule has 3 aromatic rings. The molecular weight excluding hydrogens is 344 g/mol. The second-order valence-corrected chi connectivity index (χ2v) is 5.68. The van der Waals surface area contributed by atoms with Gasteiger partial charge in [0.1, 0.15) is 17.3 Å². The van der Waals surface area contributed by atoms with Gasteiger partial charge in [-0.15, -0.1) is 0 Å². The summed E-state index contributed by atoms with van der Waals surface area (Å²) in [5.41, 5.74) is 5.36. The number of carbonyl (C=O) groups excluding carboxylic acids is 1. The zero-order valence-electron chi connectivity index (χ0n) is 15.1. The number of benzene rings is 2. The molecule has 0 aliphatic heterocycles. The molecule has 0 saturated heterocycles. The largest absolute Gasteiger partial charge is 0.496 e. The van der Waals surface area contributed by atoms with Crippen molar-refractivity contribution in [1.82, 2.24) is 5.43 Å². The molecule has 0 fully saturated rings. The van der Waals surface area contributed by atoms with E-state index in [4.69, 9.17) is 13.9 Å². The van der Waals surface area contributed by atoms with Gasteiger partial charge in [-0.25, -0.2) is 4.79 Å². The molecule has 1 heterocycles. The van der Waals surface area contributed by atoms with Crippen LogP contribution in [0.5, 0.6) is 5.75 Å². The first kappa shape index (κ1) is 18.3. The quantitative estimate of drug-likeness (QED) is 0.391. The number of hydrazone groups is 1. The van der Waals surface area contributed by atoms with Gasteiger partial charge in [0.05, 0.1) is 32.5 Å². The topological polar surface area (TPSA) is 73.1 Å². The Morgan fingerprint density at radius 2 is 1.85 bits per heavy atom. The van der Waals surface area contributed by atoms with Crippen molar-refractivity contribution in [3.8, 4) is 17.1 Å². The normalized spacial score (nSPS) is 10.7. The summed E-state index contributed by atoms with van der Waals surface area (Å²) in [6, 6.07) is 18.5. The second kappa shape index (κ2) is 8.71. The van der Waals surface area contributed by atoms with Crippen molar-refractivity contribution in [2.45, 2.75) is 6.54 Å². The minimum atomic E-state index is -0.366. The van der Waals surface area contributed by atoms with Crippen molar-refractivity contribution < 1.29 is 18.7 Å². The Labute approximate surface area is 157 Å². The fourth-order valence-electron chi connectivity index (χ4n) is 2.55. The standard InChI is InChI=1S/C21H20N2O4/c1-25-19-6-4-3-5-17(19)13-22-23-14-18-11-12-20(27-18)15-7-9-16(10-8-15)21(24)26-2/h3-12,14,22H,13H2,1-2H3/b23-14-. The van der Waals surface area contributed by atoms with Crippen LogP contribution in [0.2, 0.25) is 0 Å². The van der Waals surface area contributed by atoms with Gasteiger partial charge in [0.25, 0.3) is 0 Å². The molecular formula is C21H20N2O4. The molecule has 1 aromatic heterocycles. The molecule has 0 bridgehead atoms. The average molecular weight is 364 g/mol.